The fourth-order valence-electron chi connectivity index (χ4n) is 12.4. The third kappa shape index (κ3) is 6.35. The van der Waals surface area contributed by atoms with E-state index in [4.69, 9.17) is 8.37 Å². The van der Waals surface area contributed by atoms with Gasteiger partial charge in [-0.3, -0.25) is 8.37 Å². The standard InChI is InChI=1S/C30H50O8S2.2Na/c1-18(2)20-10-15-30(17-37-39(31,32)33)16-19(3)25-21(26(20)30)8-9-23-28(6)14-12-24(38-40(34,35)36)27(4,5)22(28)11-13-29(23,25)7;;/h19-26H,1,8-17H2,2-7H3,(H,31,32,33)(H,34,35,36);;/q;2*+1/p-2/t19-,20-,21-,22-,23+,24-,25?,26+,28-,29+,30+;;/m0../s1. The average molecular weight is 647 g/mol. The summed E-state index contributed by atoms with van der Waals surface area (Å²) in [5, 5.41) is 0. The summed E-state index contributed by atoms with van der Waals surface area (Å²) in [6.07, 6.45) is 7.56. The molecule has 0 spiro atoms. The van der Waals surface area contributed by atoms with Gasteiger partial charge in [0.25, 0.3) is 0 Å². The molecule has 0 radical (unpaired) electrons. The smallest absolute Gasteiger partial charge is 0.726 e. The second-order valence-electron chi connectivity index (χ2n) is 15.5. The van der Waals surface area contributed by atoms with Gasteiger partial charge >= 0.3 is 59.1 Å². The maximum atomic E-state index is 11.5. The van der Waals surface area contributed by atoms with Crippen LogP contribution in [-0.2, 0) is 29.2 Å². The van der Waals surface area contributed by atoms with E-state index in [-0.39, 0.29) is 93.8 Å². The second kappa shape index (κ2) is 12.5. The molecule has 8 nitrogen and oxygen atoms in total. The predicted molar refractivity (Wildman–Crippen MR) is 149 cm³/mol. The van der Waals surface area contributed by atoms with E-state index in [0.29, 0.717) is 36.0 Å². The van der Waals surface area contributed by atoms with Crippen LogP contribution in [-0.4, -0.2) is 38.7 Å². The minimum Gasteiger partial charge on any atom is -0.726 e. The molecule has 5 saturated carbocycles. The van der Waals surface area contributed by atoms with Crippen LogP contribution in [0.5, 0.6) is 0 Å². The molecule has 11 atom stereocenters. The van der Waals surface area contributed by atoms with Gasteiger partial charge in [0.2, 0.25) is 20.8 Å². The normalized spacial score (nSPS) is 46.1. The Bertz CT molecular complexity index is 1260. The molecule has 5 rings (SSSR count). The van der Waals surface area contributed by atoms with Crippen molar-refractivity contribution in [2.45, 2.75) is 105 Å². The van der Waals surface area contributed by atoms with Gasteiger partial charge < -0.3 is 9.11 Å². The summed E-state index contributed by atoms with van der Waals surface area (Å²) in [6.45, 7) is 17.8. The Kier molecular flexibility index (Phi) is 11.3. The predicted octanol–water partition coefficient (Wildman–Crippen LogP) is -0.170. The summed E-state index contributed by atoms with van der Waals surface area (Å²) < 4.78 is 79.4. The van der Waals surface area contributed by atoms with Crippen molar-refractivity contribution in [1.82, 2.24) is 0 Å². The van der Waals surface area contributed by atoms with Crippen LogP contribution in [0.3, 0.4) is 0 Å². The van der Waals surface area contributed by atoms with Crippen LogP contribution < -0.4 is 59.1 Å². The number of hydrogen-bond acceptors (Lipinski definition) is 8. The average Bonchev–Trinajstić information content (AvgIpc) is 3.18. The minimum atomic E-state index is -4.78. The molecule has 5 fully saturated rings. The molecule has 0 heterocycles. The number of rotatable bonds is 6. The summed E-state index contributed by atoms with van der Waals surface area (Å²) in [6, 6.07) is 0. The molecule has 1 unspecified atom stereocenters. The third-order valence-electron chi connectivity index (χ3n) is 13.3. The molecule has 0 aromatic rings. The molecule has 0 bridgehead atoms. The Morgan fingerprint density at radius 2 is 1.45 bits per heavy atom. The third-order valence-corrected chi connectivity index (χ3v) is 14.2. The molecule has 0 aromatic carbocycles. The summed E-state index contributed by atoms with van der Waals surface area (Å²) in [5.74, 6) is 2.48. The molecular formula is C30H48Na2O8S2. The van der Waals surface area contributed by atoms with Gasteiger partial charge in [-0.15, -0.1) is 0 Å². The number of hydrogen-bond donors (Lipinski definition) is 0. The van der Waals surface area contributed by atoms with E-state index in [1.54, 1.807) is 0 Å². The monoisotopic (exact) mass is 646 g/mol. The summed E-state index contributed by atoms with van der Waals surface area (Å²) in [4.78, 5) is 0. The molecule has 0 N–H and O–H groups in total. The first-order valence-corrected chi connectivity index (χ1v) is 17.8. The van der Waals surface area contributed by atoms with Crippen LogP contribution in [0.2, 0.25) is 0 Å². The Hall–Kier alpha value is 1.48. The van der Waals surface area contributed by atoms with Crippen LogP contribution in [0.4, 0.5) is 0 Å². The molecule has 42 heavy (non-hydrogen) atoms. The van der Waals surface area contributed by atoms with Crippen molar-refractivity contribution in [1.29, 1.82) is 0 Å². The Balaban J connectivity index is 0.00000242. The molecule has 0 aliphatic heterocycles. The van der Waals surface area contributed by atoms with Gasteiger partial charge in [-0.2, -0.15) is 0 Å². The van der Waals surface area contributed by atoms with E-state index in [1.807, 2.05) is 0 Å². The van der Waals surface area contributed by atoms with Gasteiger partial charge in [0.05, 0.1) is 12.7 Å². The molecule has 0 aromatic heterocycles. The molecule has 5 aliphatic rings. The first-order chi connectivity index (χ1) is 18.3. The molecule has 0 saturated heterocycles. The van der Waals surface area contributed by atoms with Crippen molar-refractivity contribution in [3.05, 3.63) is 12.2 Å². The van der Waals surface area contributed by atoms with Gasteiger partial charge in [0, 0.05) is 0 Å². The Morgan fingerprint density at radius 1 is 0.833 bits per heavy atom. The van der Waals surface area contributed by atoms with Crippen molar-refractivity contribution in [2.75, 3.05) is 6.61 Å². The molecule has 5 aliphatic carbocycles. The van der Waals surface area contributed by atoms with E-state index in [1.165, 1.54) is 0 Å². The van der Waals surface area contributed by atoms with Crippen LogP contribution >= 0.6 is 0 Å². The number of allylic oxidation sites excluding steroid dienone is 1. The van der Waals surface area contributed by atoms with E-state index >= 15 is 0 Å². The van der Waals surface area contributed by atoms with Gasteiger partial charge in [-0.1, -0.05) is 46.8 Å². The van der Waals surface area contributed by atoms with Crippen LogP contribution in [0, 0.1) is 63.1 Å². The molecule has 230 valence electrons. The van der Waals surface area contributed by atoms with Gasteiger partial charge in [0.1, 0.15) is 0 Å². The Labute approximate surface area is 298 Å². The zero-order chi connectivity index (χ0) is 29.7. The molecular weight excluding hydrogens is 598 g/mol. The Morgan fingerprint density at radius 3 is 2.02 bits per heavy atom. The van der Waals surface area contributed by atoms with Crippen LogP contribution in [0.25, 0.3) is 0 Å². The maximum Gasteiger partial charge on any atom is 1.00 e. The largest absolute Gasteiger partial charge is 1.00 e. The number of fused-ring (bicyclic) bond motifs is 7. The second-order valence-corrected chi connectivity index (χ2v) is 17.6. The summed E-state index contributed by atoms with van der Waals surface area (Å²) in [7, 11) is -9.55. The van der Waals surface area contributed by atoms with Crippen molar-refractivity contribution >= 4 is 20.8 Å². The zero-order valence-corrected chi connectivity index (χ0v) is 32.6. The fourth-order valence-corrected chi connectivity index (χ4v) is 13.4. The first kappa shape index (κ1) is 37.9. The van der Waals surface area contributed by atoms with Crippen LogP contribution in [0.15, 0.2) is 12.2 Å². The van der Waals surface area contributed by atoms with E-state index in [0.717, 1.165) is 56.9 Å². The zero-order valence-electron chi connectivity index (χ0n) is 27.0. The van der Waals surface area contributed by atoms with E-state index in [9.17, 15) is 25.9 Å². The summed E-state index contributed by atoms with van der Waals surface area (Å²) in [5.41, 5.74) is 0.468. The molecule has 12 heteroatoms. The van der Waals surface area contributed by atoms with Gasteiger partial charge in [-0.25, -0.2) is 16.8 Å². The van der Waals surface area contributed by atoms with E-state index < -0.39 is 32.3 Å². The quantitative estimate of drug-likeness (QED) is 0.168. The van der Waals surface area contributed by atoms with Crippen LogP contribution in [0.1, 0.15) is 99.3 Å². The van der Waals surface area contributed by atoms with Crippen molar-refractivity contribution < 1.29 is 93.4 Å². The van der Waals surface area contributed by atoms with Crippen molar-refractivity contribution in [3.8, 4) is 0 Å². The SMILES string of the molecule is C=C(C)[C@@H]1CC[C@]2(COS(=O)(=O)[O-])C[C@H](C)C3[C@H](CC[C@@H]4[C@@]5(C)CC[C@H](OS(=O)(=O)[O-])C(C)(C)[C@@H]5CC[C@@]34C)[C@@H]12.[Na+].[Na+]. The van der Waals surface area contributed by atoms with Crippen molar-refractivity contribution in [2.24, 2.45) is 63.1 Å². The molecule has 0 amide bonds. The van der Waals surface area contributed by atoms with E-state index in [2.05, 4.69) is 48.1 Å². The van der Waals surface area contributed by atoms with Crippen molar-refractivity contribution in [3.63, 3.8) is 0 Å². The first-order valence-electron chi connectivity index (χ1n) is 15.1. The van der Waals surface area contributed by atoms with Gasteiger partial charge in [0.15, 0.2) is 0 Å². The topological polar surface area (TPSA) is 133 Å². The fraction of sp³-hybridized carbons (Fsp3) is 0.933. The van der Waals surface area contributed by atoms with Gasteiger partial charge in [-0.05, 0) is 128 Å². The maximum absolute atomic E-state index is 11.5. The minimum absolute atomic E-state index is 0. The summed E-state index contributed by atoms with van der Waals surface area (Å²) >= 11 is 0.